The van der Waals surface area contributed by atoms with E-state index in [1.807, 2.05) is 6.07 Å². The number of carboxylic acids is 1. The highest BCUT2D eigenvalue weighted by atomic mass is 16.4. The fourth-order valence-corrected chi connectivity index (χ4v) is 2.34. The van der Waals surface area contributed by atoms with Crippen molar-refractivity contribution in [2.45, 2.75) is 25.3 Å². The Kier molecular flexibility index (Phi) is 3.42. The summed E-state index contributed by atoms with van der Waals surface area (Å²) in [6, 6.07) is 15.5. The standard InChI is InChI=1S/C17H17NO2/c19-17(20)15-5-2-6-16(10-15)18-11-12-3-1-4-14(9-12)13-7-8-13/h1-6,9-10,13,18H,7-8,11H2,(H,19,20). The largest absolute Gasteiger partial charge is 0.478 e. The topological polar surface area (TPSA) is 49.3 Å². The normalized spacial score (nSPS) is 14.0. The van der Waals surface area contributed by atoms with Gasteiger partial charge in [0.15, 0.2) is 0 Å². The third kappa shape index (κ3) is 2.99. The molecule has 102 valence electrons. The molecule has 2 aromatic rings. The van der Waals surface area contributed by atoms with Crippen LogP contribution in [-0.2, 0) is 6.54 Å². The van der Waals surface area contributed by atoms with Crippen LogP contribution in [0, 0.1) is 0 Å². The average Bonchev–Trinajstić information content (AvgIpc) is 3.30. The van der Waals surface area contributed by atoms with E-state index in [2.05, 4.69) is 29.6 Å². The fraction of sp³-hybridized carbons (Fsp3) is 0.235. The molecule has 0 amide bonds. The van der Waals surface area contributed by atoms with Crippen molar-refractivity contribution in [2.24, 2.45) is 0 Å². The van der Waals surface area contributed by atoms with Crippen LogP contribution in [0.15, 0.2) is 48.5 Å². The molecule has 0 aliphatic heterocycles. The SMILES string of the molecule is O=C(O)c1cccc(NCc2cccc(C3CC3)c2)c1. The van der Waals surface area contributed by atoms with Crippen LogP contribution in [0.4, 0.5) is 5.69 Å². The second-order valence-corrected chi connectivity index (χ2v) is 5.26. The van der Waals surface area contributed by atoms with Crippen molar-refractivity contribution < 1.29 is 9.90 Å². The van der Waals surface area contributed by atoms with Crippen LogP contribution in [0.5, 0.6) is 0 Å². The van der Waals surface area contributed by atoms with Gasteiger partial charge in [-0.25, -0.2) is 4.79 Å². The number of nitrogens with one attached hydrogen (secondary N) is 1. The molecule has 20 heavy (non-hydrogen) atoms. The van der Waals surface area contributed by atoms with Crippen LogP contribution < -0.4 is 5.32 Å². The molecular formula is C17H17NO2. The van der Waals surface area contributed by atoms with Crippen molar-refractivity contribution in [3.05, 3.63) is 65.2 Å². The first-order valence-electron chi connectivity index (χ1n) is 6.88. The maximum atomic E-state index is 10.9. The maximum absolute atomic E-state index is 10.9. The summed E-state index contributed by atoms with van der Waals surface area (Å²) in [6.45, 7) is 0.712. The summed E-state index contributed by atoms with van der Waals surface area (Å²) in [6.07, 6.45) is 2.61. The van der Waals surface area contributed by atoms with Crippen LogP contribution in [0.3, 0.4) is 0 Å². The van der Waals surface area contributed by atoms with E-state index in [-0.39, 0.29) is 0 Å². The number of aromatic carboxylic acids is 1. The predicted molar refractivity (Wildman–Crippen MR) is 79.1 cm³/mol. The molecule has 0 saturated heterocycles. The molecule has 0 aromatic heterocycles. The molecule has 0 bridgehead atoms. The molecule has 0 heterocycles. The summed E-state index contributed by atoms with van der Waals surface area (Å²) < 4.78 is 0. The van der Waals surface area contributed by atoms with Crippen molar-refractivity contribution >= 4 is 11.7 Å². The summed E-state index contributed by atoms with van der Waals surface area (Å²) in [5, 5.41) is 12.3. The quantitative estimate of drug-likeness (QED) is 0.864. The molecule has 1 aliphatic carbocycles. The highest BCUT2D eigenvalue weighted by molar-refractivity contribution is 5.88. The van der Waals surface area contributed by atoms with Gasteiger partial charge in [-0.05, 0) is 48.1 Å². The van der Waals surface area contributed by atoms with Crippen LogP contribution in [-0.4, -0.2) is 11.1 Å². The third-order valence-corrected chi connectivity index (χ3v) is 3.61. The molecule has 1 saturated carbocycles. The average molecular weight is 267 g/mol. The highest BCUT2D eigenvalue weighted by Gasteiger charge is 2.23. The number of hydrogen-bond acceptors (Lipinski definition) is 2. The Morgan fingerprint density at radius 2 is 1.95 bits per heavy atom. The van der Waals surface area contributed by atoms with E-state index in [1.54, 1.807) is 18.2 Å². The lowest BCUT2D eigenvalue weighted by Crippen LogP contribution is -2.02. The van der Waals surface area contributed by atoms with Gasteiger partial charge in [0.25, 0.3) is 0 Å². The van der Waals surface area contributed by atoms with E-state index in [9.17, 15) is 4.79 Å². The van der Waals surface area contributed by atoms with Gasteiger partial charge in [-0.1, -0.05) is 30.3 Å². The van der Waals surface area contributed by atoms with Gasteiger partial charge >= 0.3 is 5.97 Å². The Bertz CT molecular complexity index is 632. The summed E-state index contributed by atoms with van der Waals surface area (Å²) in [7, 11) is 0. The third-order valence-electron chi connectivity index (χ3n) is 3.61. The second-order valence-electron chi connectivity index (χ2n) is 5.26. The maximum Gasteiger partial charge on any atom is 0.335 e. The number of rotatable bonds is 5. The summed E-state index contributed by atoms with van der Waals surface area (Å²) in [4.78, 5) is 10.9. The Morgan fingerprint density at radius 3 is 2.70 bits per heavy atom. The Balaban J connectivity index is 1.68. The zero-order chi connectivity index (χ0) is 13.9. The Hall–Kier alpha value is -2.29. The van der Waals surface area contributed by atoms with E-state index < -0.39 is 5.97 Å². The van der Waals surface area contributed by atoms with Gasteiger partial charge in [-0.15, -0.1) is 0 Å². The van der Waals surface area contributed by atoms with Gasteiger partial charge in [0.05, 0.1) is 5.56 Å². The number of carbonyl (C=O) groups is 1. The predicted octanol–water partition coefficient (Wildman–Crippen LogP) is 3.87. The lowest BCUT2D eigenvalue weighted by molar-refractivity contribution is 0.0697. The zero-order valence-electron chi connectivity index (χ0n) is 11.2. The summed E-state index contributed by atoms with van der Waals surface area (Å²) in [5.41, 5.74) is 3.79. The molecule has 2 aromatic carbocycles. The van der Waals surface area contributed by atoms with E-state index >= 15 is 0 Å². The molecule has 0 radical (unpaired) electrons. The van der Waals surface area contributed by atoms with Crippen LogP contribution >= 0.6 is 0 Å². The van der Waals surface area contributed by atoms with E-state index in [0.29, 0.717) is 12.1 Å². The molecule has 3 nitrogen and oxygen atoms in total. The first kappa shape index (κ1) is 12.7. The van der Waals surface area contributed by atoms with Gasteiger partial charge < -0.3 is 10.4 Å². The molecule has 1 fully saturated rings. The van der Waals surface area contributed by atoms with Gasteiger partial charge in [0, 0.05) is 12.2 Å². The number of hydrogen-bond donors (Lipinski definition) is 2. The second kappa shape index (κ2) is 5.37. The first-order valence-corrected chi connectivity index (χ1v) is 6.88. The molecular weight excluding hydrogens is 250 g/mol. The van der Waals surface area contributed by atoms with E-state index in [4.69, 9.17) is 5.11 Å². The molecule has 0 atom stereocenters. The van der Waals surface area contributed by atoms with Gasteiger partial charge in [-0.2, -0.15) is 0 Å². The molecule has 0 unspecified atom stereocenters. The molecule has 2 N–H and O–H groups in total. The van der Waals surface area contributed by atoms with Crippen molar-refractivity contribution in [3.63, 3.8) is 0 Å². The zero-order valence-corrected chi connectivity index (χ0v) is 11.2. The molecule has 0 spiro atoms. The van der Waals surface area contributed by atoms with Crippen molar-refractivity contribution in [1.29, 1.82) is 0 Å². The lowest BCUT2D eigenvalue weighted by Gasteiger charge is -2.08. The summed E-state index contributed by atoms with van der Waals surface area (Å²) in [5.74, 6) is -0.144. The van der Waals surface area contributed by atoms with Crippen LogP contribution in [0.1, 0.15) is 40.2 Å². The number of benzene rings is 2. The van der Waals surface area contributed by atoms with Crippen molar-refractivity contribution in [1.82, 2.24) is 0 Å². The lowest BCUT2D eigenvalue weighted by atomic mass is 10.1. The highest BCUT2D eigenvalue weighted by Crippen LogP contribution is 2.40. The fourth-order valence-electron chi connectivity index (χ4n) is 2.34. The number of carboxylic acid groups (broad SMARTS) is 1. The first-order chi connectivity index (χ1) is 9.72. The van der Waals surface area contributed by atoms with Crippen LogP contribution in [0.25, 0.3) is 0 Å². The van der Waals surface area contributed by atoms with Gasteiger partial charge in [0.1, 0.15) is 0 Å². The Morgan fingerprint density at radius 1 is 1.15 bits per heavy atom. The minimum absolute atomic E-state index is 0.307. The summed E-state index contributed by atoms with van der Waals surface area (Å²) >= 11 is 0. The Labute approximate surface area is 118 Å². The van der Waals surface area contributed by atoms with E-state index in [0.717, 1.165) is 11.6 Å². The van der Waals surface area contributed by atoms with Crippen LogP contribution in [0.2, 0.25) is 0 Å². The van der Waals surface area contributed by atoms with Crippen molar-refractivity contribution in [2.75, 3.05) is 5.32 Å². The van der Waals surface area contributed by atoms with Crippen molar-refractivity contribution in [3.8, 4) is 0 Å². The minimum Gasteiger partial charge on any atom is -0.478 e. The molecule has 3 rings (SSSR count). The van der Waals surface area contributed by atoms with Gasteiger partial charge in [0.2, 0.25) is 0 Å². The molecule has 3 heteroatoms. The molecule has 1 aliphatic rings. The van der Waals surface area contributed by atoms with E-state index in [1.165, 1.54) is 24.0 Å². The number of anilines is 1. The smallest absolute Gasteiger partial charge is 0.335 e. The minimum atomic E-state index is -0.899. The van der Waals surface area contributed by atoms with Gasteiger partial charge in [-0.3, -0.25) is 0 Å². The monoisotopic (exact) mass is 267 g/mol.